The van der Waals surface area contributed by atoms with Gasteiger partial charge >= 0.3 is 0 Å². The largest absolute Gasteiger partial charge is 0.507 e. The molecule has 0 aliphatic rings. The molecule has 0 spiro atoms. The first-order valence-electron chi connectivity index (χ1n) is 5.37. The summed E-state index contributed by atoms with van der Waals surface area (Å²) in [5.41, 5.74) is 1.27. The number of phenolic OH excluding ortho intramolecular Hbond substituents is 1. The van der Waals surface area contributed by atoms with Crippen LogP contribution in [0, 0.1) is 6.92 Å². The van der Waals surface area contributed by atoms with Crippen LogP contribution in [0.5, 0.6) is 5.75 Å². The summed E-state index contributed by atoms with van der Waals surface area (Å²) in [6, 6.07) is 16.0. The fourth-order valence-corrected chi connectivity index (χ4v) is 2.27. The number of hydrogen-bond acceptors (Lipinski definition) is 1. The number of phenols is 1. The molecule has 16 heavy (non-hydrogen) atoms. The van der Waals surface area contributed by atoms with E-state index in [4.69, 9.17) is 0 Å². The molecule has 1 nitrogen and oxygen atoms in total. The highest BCUT2D eigenvalue weighted by molar-refractivity contribution is 6.10. The highest BCUT2D eigenvalue weighted by Crippen LogP contribution is 2.31. The van der Waals surface area contributed by atoms with Crippen molar-refractivity contribution in [2.75, 3.05) is 0 Å². The zero-order chi connectivity index (χ0) is 11.1. The summed E-state index contributed by atoms with van der Waals surface area (Å²) in [5.74, 6) is 0.348. The third-order valence-electron chi connectivity index (χ3n) is 3.11. The van der Waals surface area contributed by atoms with Gasteiger partial charge in [0.2, 0.25) is 0 Å². The Morgan fingerprint density at radius 1 is 0.688 bits per heavy atom. The predicted molar refractivity (Wildman–Crippen MR) is 67.9 cm³/mol. The monoisotopic (exact) mass is 208 g/mol. The summed E-state index contributed by atoms with van der Waals surface area (Å²) in [7, 11) is 0. The maximum atomic E-state index is 9.80. The molecule has 1 heteroatoms. The van der Waals surface area contributed by atoms with Crippen LogP contribution in [0.3, 0.4) is 0 Å². The molecular weight excluding hydrogens is 196 g/mol. The number of rotatable bonds is 0. The average Bonchev–Trinajstić information content (AvgIpc) is 2.30. The van der Waals surface area contributed by atoms with Crippen LogP contribution in [-0.4, -0.2) is 5.11 Å². The Morgan fingerprint density at radius 2 is 1.31 bits per heavy atom. The van der Waals surface area contributed by atoms with Crippen molar-refractivity contribution in [3.8, 4) is 5.75 Å². The van der Waals surface area contributed by atoms with Crippen molar-refractivity contribution in [3.05, 3.63) is 54.1 Å². The van der Waals surface area contributed by atoms with Crippen molar-refractivity contribution in [2.24, 2.45) is 0 Å². The third kappa shape index (κ3) is 1.18. The van der Waals surface area contributed by atoms with Crippen LogP contribution < -0.4 is 0 Å². The summed E-state index contributed by atoms with van der Waals surface area (Å²) in [6.45, 7) is 2.11. The molecule has 0 fully saturated rings. The van der Waals surface area contributed by atoms with E-state index in [0.29, 0.717) is 5.75 Å². The molecule has 0 aliphatic carbocycles. The molecular formula is C15H12O. The summed E-state index contributed by atoms with van der Waals surface area (Å²) in [5, 5.41) is 14.3. The van der Waals surface area contributed by atoms with Gasteiger partial charge in [-0.2, -0.15) is 0 Å². The third-order valence-corrected chi connectivity index (χ3v) is 3.11. The van der Waals surface area contributed by atoms with Crippen LogP contribution in [0.25, 0.3) is 21.5 Å². The summed E-state index contributed by atoms with van der Waals surface area (Å²) in [4.78, 5) is 0. The smallest absolute Gasteiger partial charge is 0.123 e. The minimum atomic E-state index is 0.348. The molecule has 3 aromatic carbocycles. The van der Waals surface area contributed by atoms with Crippen molar-refractivity contribution < 1.29 is 5.11 Å². The Labute approximate surface area is 94.0 Å². The number of hydrogen-bond donors (Lipinski definition) is 1. The highest BCUT2D eigenvalue weighted by atomic mass is 16.3. The van der Waals surface area contributed by atoms with Crippen LogP contribution in [-0.2, 0) is 0 Å². The average molecular weight is 208 g/mol. The van der Waals surface area contributed by atoms with Gasteiger partial charge in [-0.25, -0.2) is 0 Å². The van der Waals surface area contributed by atoms with Gasteiger partial charge in [0.05, 0.1) is 0 Å². The van der Waals surface area contributed by atoms with E-state index < -0.39 is 0 Å². The molecule has 0 saturated carbocycles. The van der Waals surface area contributed by atoms with E-state index in [1.54, 1.807) is 6.07 Å². The molecule has 0 saturated heterocycles. The molecule has 0 aliphatic heterocycles. The van der Waals surface area contributed by atoms with Gasteiger partial charge in [0.15, 0.2) is 0 Å². The van der Waals surface area contributed by atoms with Crippen molar-refractivity contribution in [1.29, 1.82) is 0 Å². The summed E-state index contributed by atoms with van der Waals surface area (Å²) >= 11 is 0. The molecule has 3 aromatic rings. The zero-order valence-corrected chi connectivity index (χ0v) is 9.07. The van der Waals surface area contributed by atoms with E-state index in [2.05, 4.69) is 37.3 Å². The first-order valence-corrected chi connectivity index (χ1v) is 5.37. The summed E-state index contributed by atoms with van der Waals surface area (Å²) in [6.07, 6.45) is 0. The lowest BCUT2D eigenvalue weighted by atomic mass is 9.99. The molecule has 0 aromatic heterocycles. The van der Waals surface area contributed by atoms with Crippen LogP contribution in [0.15, 0.2) is 48.5 Å². The molecule has 0 atom stereocenters. The first kappa shape index (κ1) is 9.22. The Morgan fingerprint density at radius 3 is 2.12 bits per heavy atom. The second kappa shape index (κ2) is 3.24. The molecule has 3 rings (SSSR count). The van der Waals surface area contributed by atoms with E-state index in [9.17, 15) is 5.11 Å². The molecule has 0 heterocycles. The number of benzene rings is 3. The van der Waals surface area contributed by atoms with Crippen molar-refractivity contribution in [1.82, 2.24) is 0 Å². The van der Waals surface area contributed by atoms with Crippen LogP contribution in [0.1, 0.15) is 5.56 Å². The van der Waals surface area contributed by atoms with Crippen molar-refractivity contribution >= 4 is 21.5 Å². The van der Waals surface area contributed by atoms with Gasteiger partial charge in [0.1, 0.15) is 5.75 Å². The predicted octanol–water partition coefficient (Wildman–Crippen LogP) is 4.01. The van der Waals surface area contributed by atoms with E-state index >= 15 is 0 Å². The quantitative estimate of drug-likeness (QED) is 0.553. The molecule has 0 amide bonds. The maximum Gasteiger partial charge on any atom is 0.123 e. The molecule has 0 unspecified atom stereocenters. The second-order valence-corrected chi connectivity index (χ2v) is 4.11. The fourth-order valence-electron chi connectivity index (χ4n) is 2.27. The maximum absolute atomic E-state index is 9.80. The van der Waals surface area contributed by atoms with E-state index in [0.717, 1.165) is 10.8 Å². The first-order chi connectivity index (χ1) is 7.77. The van der Waals surface area contributed by atoms with Crippen LogP contribution in [0.2, 0.25) is 0 Å². The highest BCUT2D eigenvalue weighted by Gasteiger charge is 2.04. The Kier molecular flexibility index (Phi) is 1.87. The van der Waals surface area contributed by atoms with Crippen LogP contribution in [0.4, 0.5) is 0 Å². The van der Waals surface area contributed by atoms with E-state index in [1.807, 2.05) is 12.1 Å². The van der Waals surface area contributed by atoms with Gasteiger partial charge in [-0.1, -0.05) is 42.5 Å². The van der Waals surface area contributed by atoms with Gasteiger partial charge in [0.25, 0.3) is 0 Å². The molecule has 78 valence electrons. The number of fused-ring (bicyclic) bond motifs is 3. The standard InChI is InChI=1S/C15H12O/c1-10-4-2-5-12-11(10)8-9-14-13(12)6-3-7-15(14)16/h2-9,16H,1H3. The molecule has 0 bridgehead atoms. The zero-order valence-electron chi connectivity index (χ0n) is 9.07. The Hall–Kier alpha value is -2.02. The summed E-state index contributed by atoms with van der Waals surface area (Å²) < 4.78 is 0. The van der Waals surface area contributed by atoms with Gasteiger partial charge in [-0.3, -0.25) is 0 Å². The lowest BCUT2D eigenvalue weighted by molar-refractivity contribution is 0.481. The second-order valence-electron chi connectivity index (χ2n) is 4.11. The Bertz CT molecular complexity index is 623. The van der Waals surface area contributed by atoms with Crippen molar-refractivity contribution in [2.45, 2.75) is 6.92 Å². The minimum Gasteiger partial charge on any atom is -0.507 e. The van der Waals surface area contributed by atoms with Crippen LogP contribution >= 0.6 is 0 Å². The van der Waals surface area contributed by atoms with Gasteiger partial charge in [-0.05, 0) is 34.7 Å². The molecule has 1 N–H and O–H groups in total. The van der Waals surface area contributed by atoms with Crippen molar-refractivity contribution in [3.63, 3.8) is 0 Å². The Balaban J connectivity index is 2.60. The SMILES string of the molecule is Cc1cccc2c1ccc1c(O)cccc12. The van der Waals surface area contributed by atoms with E-state index in [1.165, 1.54) is 16.3 Å². The normalized spacial score (nSPS) is 11.1. The fraction of sp³-hybridized carbons (Fsp3) is 0.0667. The molecule has 0 radical (unpaired) electrons. The van der Waals surface area contributed by atoms with E-state index in [-0.39, 0.29) is 0 Å². The lowest BCUT2D eigenvalue weighted by Gasteiger charge is -2.07. The van der Waals surface area contributed by atoms with Gasteiger partial charge in [-0.15, -0.1) is 0 Å². The number of aromatic hydroxyl groups is 1. The number of aryl methyl sites for hydroxylation is 1. The minimum absolute atomic E-state index is 0.348. The topological polar surface area (TPSA) is 20.2 Å². The lowest BCUT2D eigenvalue weighted by Crippen LogP contribution is -1.81. The van der Waals surface area contributed by atoms with Gasteiger partial charge < -0.3 is 5.11 Å². The van der Waals surface area contributed by atoms with Gasteiger partial charge in [0, 0.05) is 5.39 Å².